The SMILES string of the molecule is O=C(C=Cc1cccs1)Nc1cccnc1Oc1ccccc1. The second-order valence-corrected chi connectivity index (χ2v) is 5.59. The molecule has 0 spiro atoms. The van der Waals surface area contributed by atoms with Gasteiger partial charge in [0.25, 0.3) is 0 Å². The Balaban J connectivity index is 1.71. The molecule has 3 aromatic rings. The molecule has 3 rings (SSSR count). The van der Waals surface area contributed by atoms with E-state index in [9.17, 15) is 4.79 Å². The third kappa shape index (κ3) is 4.28. The summed E-state index contributed by atoms with van der Waals surface area (Å²) >= 11 is 1.57. The van der Waals surface area contributed by atoms with E-state index in [2.05, 4.69) is 10.3 Å². The van der Waals surface area contributed by atoms with E-state index in [1.807, 2.05) is 47.8 Å². The molecule has 1 N–H and O–H groups in total. The first-order chi connectivity index (χ1) is 11.3. The van der Waals surface area contributed by atoms with Crippen LogP contribution in [0.4, 0.5) is 5.69 Å². The van der Waals surface area contributed by atoms with Crippen molar-refractivity contribution in [1.82, 2.24) is 4.98 Å². The van der Waals surface area contributed by atoms with Crippen molar-refractivity contribution in [2.24, 2.45) is 0 Å². The predicted octanol–water partition coefficient (Wildman–Crippen LogP) is 4.59. The van der Waals surface area contributed by atoms with Crippen LogP contribution in [0.25, 0.3) is 6.08 Å². The summed E-state index contributed by atoms with van der Waals surface area (Å²) in [4.78, 5) is 17.2. The Hall–Kier alpha value is -2.92. The average molecular weight is 322 g/mol. The summed E-state index contributed by atoms with van der Waals surface area (Å²) in [6.45, 7) is 0. The summed E-state index contributed by atoms with van der Waals surface area (Å²) in [5, 5.41) is 4.75. The lowest BCUT2D eigenvalue weighted by Crippen LogP contribution is -2.09. The van der Waals surface area contributed by atoms with Gasteiger partial charge in [-0.1, -0.05) is 24.3 Å². The lowest BCUT2D eigenvalue weighted by Gasteiger charge is -2.09. The third-order valence-corrected chi connectivity index (χ3v) is 3.77. The minimum Gasteiger partial charge on any atom is -0.437 e. The first kappa shape index (κ1) is 15.0. The highest BCUT2D eigenvalue weighted by Crippen LogP contribution is 2.26. The van der Waals surface area contributed by atoms with Gasteiger partial charge in [0.05, 0.1) is 0 Å². The number of carbonyl (C=O) groups excluding carboxylic acids is 1. The van der Waals surface area contributed by atoms with E-state index in [1.165, 1.54) is 6.08 Å². The predicted molar refractivity (Wildman–Crippen MR) is 92.7 cm³/mol. The van der Waals surface area contributed by atoms with Gasteiger partial charge in [-0.15, -0.1) is 11.3 Å². The van der Waals surface area contributed by atoms with Crippen LogP contribution in [0.3, 0.4) is 0 Å². The van der Waals surface area contributed by atoms with Crippen molar-refractivity contribution in [1.29, 1.82) is 0 Å². The highest BCUT2D eigenvalue weighted by atomic mass is 32.1. The van der Waals surface area contributed by atoms with Crippen molar-refractivity contribution in [3.05, 3.63) is 77.1 Å². The molecule has 1 aromatic carbocycles. The van der Waals surface area contributed by atoms with Crippen molar-refractivity contribution in [3.63, 3.8) is 0 Å². The quantitative estimate of drug-likeness (QED) is 0.699. The number of hydrogen-bond donors (Lipinski definition) is 1. The number of nitrogens with zero attached hydrogens (tertiary/aromatic N) is 1. The Kier molecular flexibility index (Phi) is 4.81. The number of para-hydroxylation sites is 1. The zero-order valence-corrected chi connectivity index (χ0v) is 13.0. The van der Waals surface area contributed by atoms with Gasteiger partial charge in [-0.3, -0.25) is 4.79 Å². The molecule has 1 amide bonds. The Morgan fingerprint density at radius 3 is 2.74 bits per heavy atom. The fourth-order valence-corrected chi connectivity index (χ4v) is 2.50. The van der Waals surface area contributed by atoms with Gasteiger partial charge in [0.1, 0.15) is 11.4 Å². The van der Waals surface area contributed by atoms with E-state index >= 15 is 0 Å². The number of carbonyl (C=O) groups is 1. The fraction of sp³-hybridized carbons (Fsp3) is 0. The maximum absolute atomic E-state index is 12.0. The number of pyridine rings is 1. The zero-order chi connectivity index (χ0) is 15.9. The number of ether oxygens (including phenoxy) is 1. The number of rotatable bonds is 5. The molecule has 0 unspecified atom stereocenters. The standard InChI is InChI=1S/C18H14N2O2S/c21-17(11-10-15-8-5-13-23-15)20-16-9-4-12-19-18(16)22-14-6-2-1-3-7-14/h1-13H,(H,20,21). The number of benzene rings is 1. The molecule has 0 atom stereocenters. The molecule has 0 aliphatic rings. The Morgan fingerprint density at radius 2 is 1.96 bits per heavy atom. The van der Waals surface area contributed by atoms with Crippen molar-refractivity contribution < 1.29 is 9.53 Å². The number of amides is 1. The van der Waals surface area contributed by atoms with E-state index in [1.54, 1.807) is 35.7 Å². The molecule has 0 bridgehead atoms. The molecular formula is C18H14N2O2S. The van der Waals surface area contributed by atoms with Gasteiger partial charge in [0.2, 0.25) is 11.8 Å². The van der Waals surface area contributed by atoms with Gasteiger partial charge in [0.15, 0.2) is 0 Å². The van der Waals surface area contributed by atoms with Crippen LogP contribution >= 0.6 is 11.3 Å². The maximum Gasteiger partial charge on any atom is 0.248 e. The molecule has 0 radical (unpaired) electrons. The molecule has 0 fully saturated rings. The van der Waals surface area contributed by atoms with Crippen LogP contribution in [0.15, 0.2) is 72.3 Å². The summed E-state index contributed by atoms with van der Waals surface area (Å²) in [7, 11) is 0. The zero-order valence-electron chi connectivity index (χ0n) is 12.2. The Morgan fingerprint density at radius 1 is 1.09 bits per heavy atom. The van der Waals surface area contributed by atoms with Crippen LogP contribution in [-0.2, 0) is 4.79 Å². The van der Waals surface area contributed by atoms with Crippen LogP contribution in [0, 0.1) is 0 Å². The summed E-state index contributed by atoms with van der Waals surface area (Å²) in [5.74, 6) is 0.789. The van der Waals surface area contributed by atoms with Crippen molar-refractivity contribution in [2.75, 3.05) is 5.32 Å². The number of anilines is 1. The summed E-state index contributed by atoms with van der Waals surface area (Å²) < 4.78 is 5.71. The van der Waals surface area contributed by atoms with E-state index in [4.69, 9.17) is 4.74 Å². The summed E-state index contributed by atoms with van der Waals surface area (Å²) in [5.41, 5.74) is 0.525. The number of hydrogen-bond acceptors (Lipinski definition) is 4. The molecule has 0 saturated carbocycles. The molecule has 23 heavy (non-hydrogen) atoms. The average Bonchev–Trinajstić information content (AvgIpc) is 3.09. The van der Waals surface area contributed by atoms with E-state index in [-0.39, 0.29) is 5.91 Å². The van der Waals surface area contributed by atoms with Crippen LogP contribution in [0.5, 0.6) is 11.6 Å². The van der Waals surface area contributed by atoms with Crippen LogP contribution in [0.2, 0.25) is 0 Å². The molecular weight excluding hydrogens is 308 g/mol. The number of nitrogens with one attached hydrogen (secondary N) is 1. The summed E-state index contributed by atoms with van der Waals surface area (Å²) in [6.07, 6.45) is 4.88. The minimum absolute atomic E-state index is 0.232. The lowest BCUT2D eigenvalue weighted by atomic mass is 10.3. The van der Waals surface area contributed by atoms with E-state index in [0.717, 1.165) is 4.88 Å². The normalized spacial score (nSPS) is 10.6. The highest BCUT2D eigenvalue weighted by Gasteiger charge is 2.08. The molecule has 4 nitrogen and oxygen atoms in total. The molecule has 0 aliphatic heterocycles. The smallest absolute Gasteiger partial charge is 0.248 e. The van der Waals surface area contributed by atoms with E-state index in [0.29, 0.717) is 17.3 Å². The Labute approximate surface area is 138 Å². The lowest BCUT2D eigenvalue weighted by molar-refractivity contribution is -0.111. The molecule has 0 aliphatic carbocycles. The van der Waals surface area contributed by atoms with Crippen LogP contribution in [-0.4, -0.2) is 10.9 Å². The topological polar surface area (TPSA) is 51.2 Å². The highest BCUT2D eigenvalue weighted by molar-refractivity contribution is 7.10. The number of aromatic nitrogens is 1. The molecule has 2 heterocycles. The largest absolute Gasteiger partial charge is 0.437 e. The molecule has 114 valence electrons. The first-order valence-corrected chi connectivity index (χ1v) is 7.90. The second-order valence-electron chi connectivity index (χ2n) is 4.61. The van der Waals surface area contributed by atoms with E-state index < -0.39 is 0 Å². The third-order valence-electron chi connectivity index (χ3n) is 2.93. The van der Waals surface area contributed by atoms with Gasteiger partial charge < -0.3 is 10.1 Å². The van der Waals surface area contributed by atoms with Gasteiger partial charge in [-0.2, -0.15) is 0 Å². The van der Waals surface area contributed by atoms with Gasteiger partial charge >= 0.3 is 0 Å². The van der Waals surface area contributed by atoms with Crippen LogP contribution in [0.1, 0.15) is 4.88 Å². The summed E-state index contributed by atoms with van der Waals surface area (Å²) in [6, 6.07) is 16.7. The molecule has 5 heteroatoms. The van der Waals surface area contributed by atoms with Crippen LogP contribution < -0.4 is 10.1 Å². The molecule has 0 saturated heterocycles. The maximum atomic E-state index is 12.0. The molecule has 2 aromatic heterocycles. The van der Waals surface area contributed by atoms with Gasteiger partial charge in [-0.05, 0) is 41.8 Å². The van der Waals surface area contributed by atoms with Crippen molar-refractivity contribution >= 4 is 29.0 Å². The van der Waals surface area contributed by atoms with Gasteiger partial charge in [0, 0.05) is 17.2 Å². The monoisotopic (exact) mass is 322 g/mol. The van der Waals surface area contributed by atoms with Crippen molar-refractivity contribution in [2.45, 2.75) is 0 Å². The van der Waals surface area contributed by atoms with Gasteiger partial charge in [-0.25, -0.2) is 4.98 Å². The second kappa shape index (κ2) is 7.38. The minimum atomic E-state index is -0.232. The number of thiophene rings is 1. The first-order valence-electron chi connectivity index (χ1n) is 7.02. The Bertz CT molecular complexity index is 799. The van der Waals surface area contributed by atoms with Crippen molar-refractivity contribution in [3.8, 4) is 11.6 Å². The fourth-order valence-electron chi connectivity index (χ4n) is 1.89.